The zero-order valence-electron chi connectivity index (χ0n) is 10.9. The van der Waals surface area contributed by atoms with Gasteiger partial charge in [-0.15, -0.1) is 0 Å². The minimum absolute atomic E-state index is 0. The number of carboxylic acids is 2. The molecule has 0 aliphatic rings. The van der Waals surface area contributed by atoms with E-state index in [-0.39, 0.29) is 115 Å². The molecule has 0 fully saturated rings. The van der Waals surface area contributed by atoms with Crippen LogP contribution >= 0.6 is 0 Å². The number of benzene rings is 1. The van der Waals surface area contributed by atoms with Crippen LogP contribution in [0.3, 0.4) is 0 Å². The van der Waals surface area contributed by atoms with Crippen LogP contribution in [0.5, 0.6) is 0 Å². The SMILES string of the molecule is CCCC(C(=O)[O-])(C(=O)[O-])c1ccccc1.[K+].[K+]. The summed E-state index contributed by atoms with van der Waals surface area (Å²) in [7, 11) is 0. The third kappa shape index (κ3) is 4.76. The normalized spacial score (nSPS) is 9.83. The maximum atomic E-state index is 11.1. The maximum Gasteiger partial charge on any atom is 1.00 e. The molecule has 1 rings (SSSR count). The molecule has 1 aromatic carbocycles. The van der Waals surface area contributed by atoms with Gasteiger partial charge in [-0.2, -0.15) is 0 Å². The fourth-order valence-electron chi connectivity index (χ4n) is 1.77. The van der Waals surface area contributed by atoms with Gasteiger partial charge in [-0.1, -0.05) is 43.7 Å². The quantitative estimate of drug-likeness (QED) is 0.400. The fraction of sp³-hybridized carbons (Fsp3) is 0.333. The van der Waals surface area contributed by atoms with Gasteiger partial charge in [0.2, 0.25) is 0 Å². The number of carbonyl (C=O) groups is 2. The Morgan fingerprint density at radius 1 is 1.06 bits per heavy atom. The van der Waals surface area contributed by atoms with E-state index in [0.717, 1.165) is 0 Å². The van der Waals surface area contributed by atoms with Crippen LogP contribution in [0.1, 0.15) is 25.3 Å². The minimum Gasteiger partial charge on any atom is -0.549 e. The second kappa shape index (κ2) is 10.2. The summed E-state index contributed by atoms with van der Waals surface area (Å²) in [6.07, 6.45) is 0.374. The molecule has 0 radical (unpaired) electrons. The summed E-state index contributed by atoms with van der Waals surface area (Å²) in [5.74, 6) is -3.25. The molecule has 0 atom stereocenters. The third-order valence-corrected chi connectivity index (χ3v) is 2.59. The molecule has 0 amide bonds. The Balaban J connectivity index is 0. The average molecular weight is 298 g/mol. The first-order valence-electron chi connectivity index (χ1n) is 5.04. The van der Waals surface area contributed by atoms with Crippen LogP contribution < -0.4 is 113 Å². The molecule has 0 unspecified atom stereocenters. The molecular formula is C12H12K2O4. The summed E-state index contributed by atoms with van der Waals surface area (Å²) in [5.41, 5.74) is -1.85. The smallest absolute Gasteiger partial charge is 0.549 e. The first kappa shape index (κ1) is 21.7. The Bertz CT molecular complexity index is 378. The van der Waals surface area contributed by atoms with Crippen molar-refractivity contribution in [3.05, 3.63) is 35.9 Å². The Kier molecular flexibility index (Phi) is 12.3. The van der Waals surface area contributed by atoms with Gasteiger partial charge in [-0.25, -0.2) is 0 Å². The van der Waals surface area contributed by atoms with Crippen LogP contribution in [-0.2, 0) is 15.0 Å². The monoisotopic (exact) mass is 298 g/mol. The summed E-state index contributed by atoms with van der Waals surface area (Å²) < 4.78 is 0. The largest absolute Gasteiger partial charge is 1.00 e. The van der Waals surface area contributed by atoms with Crippen molar-refractivity contribution in [2.45, 2.75) is 25.2 Å². The van der Waals surface area contributed by atoms with Gasteiger partial charge >= 0.3 is 103 Å². The molecule has 0 spiro atoms. The van der Waals surface area contributed by atoms with Crippen molar-refractivity contribution in [2.24, 2.45) is 0 Å². The minimum atomic E-state index is -2.05. The zero-order valence-corrected chi connectivity index (χ0v) is 17.2. The average Bonchev–Trinajstić information content (AvgIpc) is 2.26. The number of carboxylic acid groups (broad SMARTS) is 2. The second-order valence-electron chi connectivity index (χ2n) is 3.60. The Morgan fingerprint density at radius 3 is 1.83 bits per heavy atom. The molecule has 0 bridgehead atoms. The number of hydrogen-bond acceptors (Lipinski definition) is 4. The summed E-state index contributed by atoms with van der Waals surface area (Å²) in [6, 6.07) is 7.78. The van der Waals surface area contributed by atoms with Gasteiger partial charge in [0.15, 0.2) is 0 Å². The standard InChI is InChI=1S/C12H14O4.2K/c1-2-8-12(10(13)14,11(15)16)9-6-4-3-5-7-9;;/h3-7H,2,8H2,1H3,(H,13,14)(H,15,16);;/q;2*+1/p-2. The van der Waals surface area contributed by atoms with E-state index in [1.807, 2.05) is 0 Å². The van der Waals surface area contributed by atoms with Crippen molar-refractivity contribution in [2.75, 3.05) is 0 Å². The Hall–Kier alpha value is 1.43. The molecule has 4 nitrogen and oxygen atoms in total. The van der Waals surface area contributed by atoms with E-state index in [0.29, 0.717) is 6.42 Å². The molecule has 0 saturated carbocycles. The molecule has 1 aromatic rings. The van der Waals surface area contributed by atoms with E-state index in [1.54, 1.807) is 25.1 Å². The molecule has 6 heteroatoms. The van der Waals surface area contributed by atoms with Crippen LogP contribution in [-0.4, -0.2) is 11.9 Å². The van der Waals surface area contributed by atoms with Gasteiger partial charge in [-0.3, -0.25) is 0 Å². The summed E-state index contributed by atoms with van der Waals surface area (Å²) in [4.78, 5) is 22.2. The summed E-state index contributed by atoms with van der Waals surface area (Å²) in [5, 5.41) is 22.2. The van der Waals surface area contributed by atoms with Crippen molar-refractivity contribution in [1.29, 1.82) is 0 Å². The van der Waals surface area contributed by atoms with Crippen LogP contribution in [0.2, 0.25) is 0 Å². The number of aliphatic carboxylic acids is 2. The molecule has 86 valence electrons. The van der Waals surface area contributed by atoms with Crippen LogP contribution in [0.4, 0.5) is 0 Å². The van der Waals surface area contributed by atoms with Gasteiger partial charge in [0, 0.05) is 0 Å². The van der Waals surface area contributed by atoms with E-state index in [4.69, 9.17) is 0 Å². The van der Waals surface area contributed by atoms with Crippen LogP contribution in [0.25, 0.3) is 0 Å². The van der Waals surface area contributed by atoms with E-state index >= 15 is 0 Å². The van der Waals surface area contributed by atoms with Crippen molar-refractivity contribution in [3.63, 3.8) is 0 Å². The fourth-order valence-corrected chi connectivity index (χ4v) is 1.77. The number of rotatable bonds is 5. The number of hydrogen-bond donors (Lipinski definition) is 0. The maximum absolute atomic E-state index is 11.1. The summed E-state index contributed by atoms with van der Waals surface area (Å²) >= 11 is 0. The van der Waals surface area contributed by atoms with Crippen molar-refractivity contribution in [3.8, 4) is 0 Å². The van der Waals surface area contributed by atoms with Crippen molar-refractivity contribution >= 4 is 11.9 Å². The van der Waals surface area contributed by atoms with Crippen LogP contribution in [0, 0.1) is 0 Å². The Morgan fingerprint density at radius 2 is 1.50 bits per heavy atom. The van der Waals surface area contributed by atoms with E-state index in [1.165, 1.54) is 12.1 Å². The molecule has 0 aliphatic carbocycles. The molecule has 0 aromatic heterocycles. The molecule has 18 heavy (non-hydrogen) atoms. The molecule has 0 heterocycles. The first-order valence-corrected chi connectivity index (χ1v) is 5.04. The zero-order chi connectivity index (χ0) is 12.2. The number of carbonyl (C=O) groups excluding carboxylic acids is 2. The van der Waals surface area contributed by atoms with Gasteiger partial charge < -0.3 is 19.8 Å². The van der Waals surface area contributed by atoms with Gasteiger partial charge in [0.05, 0.1) is 17.4 Å². The van der Waals surface area contributed by atoms with Crippen molar-refractivity contribution in [1.82, 2.24) is 0 Å². The molecule has 0 saturated heterocycles. The van der Waals surface area contributed by atoms with E-state index in [9.17, 15) is 19.8 Å². The van der Waals surface area contributed by atoms with E-state index in [2.05, 4.69) is 0 Å². The summed E-state index contributed by atoms with van der Waals surface area (Å²) in [6.45, 7) is 1.71. The predicted molar refractivity (Wildman–Crippen MR) is 53.0 cm³/mol. The first-order chi connectivity index (χ1) is 7.55. The molecule has 0 N–H and O–H groups in total. The second-order valence-corrected chi connectivity index (χ2v) is 3.60. The predicted octanol–water partition coefficient (Wildman–Crippen LogP) is -6.77. The molecule has 0 aliphatic heterocycles. The van der Waals surface area contributed by atoms with E-state index < -0.39 is 17.4 Å². The van der Waals surface area contributed by atoms with Gasteiger partial charge in [-0.05, 0) is 12.0 Å². The van der Waals surface area contributed by atoms with Crippen LogP contribution in [0.15, 0.2) is 30.3 Å². The molecular weight excluding hydrogens is 286 g/mol. The third-order valence-electron chi connectivity index (χ3n) is 2.59. The van der Waals surface area contributed by atoms with Crippen molar-refractivity contribution < 1.29 is 123 Å². The Labute approximate surface area is 191 Å². The van der Waals surface area contributed by atoms with Gasteiger partial charge in [0.1, 0.15) is 0 Å². The van der Waals surface area contributed by atoms with Gasteiger partial charge in [0.25, 0.3) is 0 Å². The topological polar surface area (TPSA) is 80.3 Å².